The summed E-state index contributed by atoms with van der Waals surface area (Å²) in [5.74, 6) is 0.815. The van der Waals surface area contributed by atoms with E-state index in [0.29, 0.717) is 5.02 Å². The average molecular weight is 479 g/mol. The minimum absolute atomic E-state index is 0. The summed E-state index contributed by atoms with van der Waals surface area (Å²) in [7, 11) is 1.68. The standard InChI is InChI=1S/C21H25Cl2N3O.2ClH/c1-3-14(22)13-24-9-4-10-25-21-17-7-5-15(23)11-20(17)26-19-8-6-16(27-2)12-18(19)21;;/h5-8,11-12,14,24H,3-4,9-10,13H2,1-2H3,(H,25,26);2*1H. The Morgan fingerprint density at radius 2 is 1.83 bits per heavy atom. The molecule has 0 radical (unpaired) electrons. The second-order valence-electron chi connectivity index (χ2n) is 6.52. The first kappa shape index (κ1) is 25.9. The monoisotopic (exact) mass is 477 g/mol. The number of hydrogen-bond acceptors (Lipinski definition) is 4. The zero-order valence-corrected chi connectivity index (χ0v) is 19.6. The largest absolute Gasteiger partial charge is 0.497 e. The number of fused-ring (bicyclic) bond motifs is 2. The molecule has 0 aliphatic rings. The second kappa shape index (κ2) is 12.5. The molecule has 8 heteroatoms. The van der Waals surface area contributed by atoms with Crippen molar-refractivity contribution < 1.29 is 4.74 Å². The molecular weight excluding hydrogens is 452 g/mol. The van der Waals surface area contributed by atoms with Crippen LogP contribution >= 0.6 is 48.0 Å². The highest BCUT2D eigenvalue weighted by Crippen LogP contribution is 2.34. The first-order valence-electron chi connectivity index (χ1n) is 9.28. The van der Waals surface area contributed by atoms with Gasteiger partial charge in [-0.3, -0.25) is 0 Å². The molecule has 1 aromatic heterocycles. The summed E-state index contributed by atoms with van der Waals surface area (Å²) in [5.41, 5.74) is 2.86. The summed E-state index contributed by atoms with van der Waals surface area (Å²) in [6.07, 6.45) is 1.97. The topological polar surface area (TPSA) is 46.2 Å². The molecule has 0 fully saturated rings. The molecule has 3 rings (SSSR count). The summed E-state index contributed by atoms with van der Waals surface area (Å²) in [6, 6.07) is 11.7. The van der Waals surface area contributed by atoms with Crippen LogP contribution in [0.25, 0.3) is 21.8 Å². The lowest BCUT2D eigenvalue weighted by molar-refractivity contribution is 0.415. The number of halogens is 4. The smallest absolute Gasteiger partial charge is 0.119 e. The van der Waals surface area contributed by atoms with Gasteiger partial charge in [0.2, 0.25) is 0 Å². The van der Waals surface area contributed by atoms with Crippen LogP contribution in [0, 0.1) is 0 Å². The molecule has 1 heterocycles. The van der Waals surface area contributed by atoms with Gasteiger partial charge < -0.3 is 15.4 Å². The molecule has 0 aliphatic carbocycles. The Morgan fingerprint density at radius 1 is 1.03 bits per heavy atom. The zero-order chi connectivity index (χ0) is 19.2. The SMILES string of the molecule is CCC(Cl)CNCCCNc1c2ccc(Cl)cc2nc2ccc(OC)cc12.Cl.Cl. The number of aromatic nitrogens is 1. The van der Waals surface area contributed by atoms with Crippen LogP contribution in [-0.4, -0.2) is 37.1 Å². The molecule has 0 spiro atoms. The van der Waals surface area contributed by atoms with Crippen molar-refractivity contribution in [3.8, 4) is 5.75 Å². The van der Waals surface area contributed by atoms with Crippen molar-refractivity contribution in [1.29, 1.82) is 0 Å². The molecule has 0 saturated heterocycles. The van der Waals surface area contributed by atoms with E-state index in [4.69, 9.17) is 32.9 Å². The van der Waals surface area contributed by atoms with E-state index in [1.54, 1.807) is 7.11 Å². The fourth-order valence-electron chi connectivity index (χ4n) is 3.04. The van der Waals surface area contributed by atoms with Crippen molar-refractivity contribution in [2.24, 2.45) is 0 Å². The first-order valence-corrected chi connectivity index (χ1v) is 10.1. The molecule has 4 nitrogen and oxygen atoms in total. The van der Waals surface area contributed by atoms with Crippen LogP contribution in [0.2, 0.25) is 5.02 Å². The van der Waals surface area contributed by atoms with Crippen molar-refractivity contribution in [2.75, 3.05) is 32.1 Å². The fraction of sp³-hybridized carbons (Fsp3) is 0.381. The predicted octanol–water partition coefficient (Wildman–Crippen LogP) is 6.30. The number of anilines is 1. The van der Waals surface area contributed by atoms with Crippen LogP contribution in [-0.2, 0) is 0 Å². The van der Waals surface area contributed by atoms with Crippen LogP contribution in [0.5, 0.6) is 5.75 Å². The number of rotatable bonds is 9. The van der Waals surface area contributed by atoms with E-state index in [0.717, 1.165) is 65.7 Å². The number of nitrogens with one attached hydrogen (secondary N) is 2. The van der Waals surface area contributed by atoms with E-state index < -0.39 is 0 Å². The Hall–Kier alpha value is -1.17. The van der Waals surface area contributed by atoms with Gasteiger partial charge in [-0.05, 0) is 55.8 Å². The van der Waals surface area contributed by atoms with E-state index in [-0.39, 0.29) is 30.2 Å². The molecular formula is C21H27Cl4N3O. The summed E-state index contributed by atoms with van der Waals surface area (Å²) >= 11 is 12.3. The second-order valence-corrected chi connectivity index (χ2v) is 7.57. The number of nitrogens with zero attached hydrogens (tertiary/aromatic N) is 1. The van der Waals surface area contributed by atoms with Crippen LogP contribution in [0.15, 0.2) is 36.4 Å². The van der Waals surface area contributed by atoms with E-state index in [1.165, 1.54) is 0 Å². The van der Waals surface area contributed by atoms with Gasteiger partial charge in [0, 0.05) is 34.3 Å². The average Bonchev–Trinajstić information content (AvgIpc) is 2.68. The van der Waals surface area contributed by atoms with Crippen LogP contribution in [0.4, 0.5) is 5.69 Å². The van der Waals surface area contributed by atoms with Gasteiger partial charge in [-0.15, -0.1) is 36.4 Å². The van der Waals surface area contributed by atoms with Crippen molar-refractivity contribution in [3.05, 3.63) is 41.4 Å². The Kier molecular flexibility index (Phi) is 11.2. The highest BCUT2D eigenvalue weighted by atomic mass is 35.5. The van der Waals surface area contributed by atoms with Crippen LogP contribution in [0.3, 0.4) is 0 Å². The molecule has 1 atom stereocenters. The normalized spacial score (nSPS) is 11.6. The first-order chi connectivity index (χ1) is 13.1. The van der Waals surface area contributed by atoms with Crippen molar-refractivity contribution in [1.82, 2.24) is 10.3 Å². The van der Waals surface area contributed by atoms with Gasteiger partial charge in [0.15, 0.2) is 0 Å². The zero-order valence-electron chi connectivity index (χ0n) is 16.5. The maximum atomic E-state index is 6.17. The summed E-state index contributed by atoms with van der Waals surface area (Å²) in [4.78, 5) is 4.75. The van der Waals surface area contributed by atoms with E-state index >= 15 is 0 Å². The van der Waals surface area contributed by atoms with Crippen molar-refractivity contribution >= 4 is 75.5 Å². The molecule has 0 amide bonds. The summed E-state index contributed by atoms with van der Waals surface area (Å²) in [5, 5.41) is 9.98. The minimum atomic E-state index is 0. The van der Waals surface area contributed by atoms with Gasteiger partial charge in [-0.2, -0.15) is 0 Å². The third-order valence-corrected chi connectivity index (χ3v) is 5.28. The Balaban J connectivity index is 0.00000210. The lowest BCUT2D eigenvalue weighted by Gasteiger charge is -2.15. The van der Waals surface area contributed by atoms with Gasteiger partial charge in [-0.1, -0.05) is 18.5 Å². The Labute approximate surface area is 194 Å². The summed E-state index contributed by atoms with van der Waals surface area (Å²) < 4.78 is 5.40. The van der Waals surface area contributed by atoms with Crippen LogP contribution in [0.1, 0.15) is 19.8 Å². The number of alkyl halides is 1. The van der Waals surface area contributed by atoms with Gasteiger partial charge >= 0.3 is 0 Å². The fourth-order valence-corrected chi connectivity index (χ4v) is 3.32. The highest BCUT2D eigenvalue weighted by molar-refractivity contribution is 6.31. The number of ether oxygens (including phenoxy) is 1. The van der Waals surface area contributed by atoms with E-state index in [9.17, 15) is 0 Å². The van der Waals surface area contributed by atoms with E-state index in [1.807, 2.05) is 36.4 Å². The minimum Gasteiger partial charge on any atom is -0.497 e. The highest BCUT2D eigenvalue weighted by Gasteiger charge is 2.10. The van der Waals surface area contributed by atoms with Gasteiger partial charge in [0.25, 0.3) is 0 Å². The van der Waals surface area contributed by atoms with E-state index in [2.05, 4.69) is 17.6 Å². The molecule has 2 N–H and O–H groups in total. The molecule has 29 heavy (non-hydrogen) atoms. The third kappa shape index (κ3) is 6.66. The molecule has 2 aromatic carbocycles. The molecule has 0 saturated carbocycles. The lowest BCUT2D eigenvalue weighted by atomic mass is 10.1. The number of benzene rings is 2. The Morgan fingerprint density at radius 3 is 2.55 bits per heavy atom. The third-order valence-electron chi connectivity index (χ3n) is 4.58. The van der Waals surface area contributed by atoms with Gasteiger partial charge in [-0.25, -0.2) is 4.98 Å². The number of pyridine rings is 1. The number of methoxy groups -OCH3 is 1. The molecule has 3 aromatic rings. The molecule has 160 valence electrons. The predicted molar refractivity (Wildman–Crippen MR) is 131 cm³/mol. The van der Waals surface area contributed by atoms with Crippen molar-refractivity contribution in [3.63, 3.8) is 0 Å². The van der Waals surface area contributed by atoms with Gasteiger partial charge in [0.1, 0.15) is 5.75 Å². The summed E-state index contributed by atoms with van der Waals surface area (Å²) in [6.45, 7) is 4.71. The lowest BCUT2D eigenvalue weighted by Crippen LogP contribution is -2.25. The Bertz CT molecular complexity index is 923. The molecule has 0 aliphatic heterocycles. The number of hydrogen-bond donors (Lipinski definition) is 2. The maximum Gasteiger partial charge on any atom is 0.119 e. The van der Waals surface area contributed by atoms with Crippen molar-refractivity contribution in [2.45, 2.75) is 25.1 Å². The molecule has 1 unspecified atom stereocenters. The van der Waals surface area contributed by atoms with Crippen LogP contribution < -0.4 is 15.4 Å². The maximum absolute atomic E-state index is 6.17. The van der Waals surface area contributed by atoms with Gasteiger partial charge in [0.05, 0.1) is 23.8 Å². The quantitative estimate of drug-likeness (QED) is 0.215. The molecule has 0 bridgehead atoms.